The smallest absolute Gasteiger partial charge is 0.228 e. The quantitative estimate of drug-likeness (QED) is 0.770. The molecule has 1 amide bonds. The van der Waals surface area contributed by atoms with E-state index in [0.717, 1.165) is 55.0 Å². The fourth-order valence-electron chi connectivity index (χ4n) is 3.82. The Labute approximate surface area is 161 Å². The molecular formula is C19H22BrN5O. The summed E-state index contributed by atoms with van der Waals surface area (Å²) in [5, 5.41) is 0. The first kappa shape index (κ1) is 17.4. The van der Waals surface area contributed by atoms with Crippen LogP contribution in [0.2, 0.25) is 0 Å². The van der Waals surface area contributed by atoms with E-state index in [1.807, 2.05) is 17.0 Å². The maximum absolute atomic E-state index is 12.6. The van der Waals surface area contributed by atoms with Gasteiger partial charge in [0.15, 0.2) is 0 Å². The molecule has 0 N–H and O–H groups in total. The number of aromatic nitrogens is 3. The maximum Gasteiger partial charge on any atom is 0.228 e. The van der Waals surface area contributed by atoms with Crippen LogP contribution in [0, 0.1) is 0 Å². The van der Waals surface area contributed by atoms with Gasteiger partial charge in [-0.15, -0.1) is 0 Å². The van der Waals surface area contributed by atoms with Gasteiger partial charge < -0.3 is 9.80 Å². The highest BCUT2D eigenvalue weighted by molar-refractivity contribution is 9.10. The van der Waals surface area contributed by atoms with E-state index >= 15 is 0 Å². The molecule has 2 aromatic rings. The van der Waals surface area contributed by atoms with Gasteiger partial charge in [-0.1, -0.05) is 6.92 Å². The van der Waals surface area contributed by atoms with Crippen LogP contribution in [0.15, 0.2) is 29.1 Å². The summed E-state index contributed by atoms with van der Waals surface area (Å²) in [6.45, 7) is 5.33. The molecule has 1 fully saturated rings. The summed E-state index contributed by atoms with van der Waals surface area (Å²) in [5.74, 6) is 1.73. The van der Waals surface area contributed by atoms with Crippen molar-refractivity contribution in [3.63, 3.8) is 0 Å². The van der Waals surface area contributed by atoms with E-state index in [1.54, 1.807) is 12.5 Å². The predicted molar refractivity (Wildman–Crippen MR) is 103 cm³/mol. The standard InChI is InChI=1S/C19H22BrN5O/c1-13-2-5-16-18(13)19(23-12-22-16)25-8-6-24(7-9-25)17(26)10-15-4-3-14(20)11-21-15/h3-4,11-13H,2,5-10H2,1H3. The van der Waals surface area contributed by atoms with Gasteiger partial charge in [0.05, 0.1) is 6.42 Å². The minimum atomic E-state index is 0.140. The molecule has 1 saturated heterocycles. The zero-order valence-corrected chi connectivity index (χ0v) is 16.4. The Kier molecular flexibility index (Phi) is 4.89. The van der Waals surface area contributed by atoms with Gasteiger partial charge in [-0.05, 0) is 46.8 Å². The third-order valence-electron chi connectivity index (χ3n) is 5.31. The first-order chi connectivity index (χ1) is 12.6. The Morgan fingerprint density at radius 1 is 1.19 bits per heavy atom. The van der Waals surface area contributed by atoms with Crippen LogP contribution in [-0.2, 0) is 17.6 Å². The number of aryl methyl sites for hydroxylation is 1. The van der Waals surface area contributed by atoms with Crippen molar-refractivity contribution in [3.05, 3.63) is 46.1 Å². The molecule has 2 aliphatic rings. The second-order valence-corrected chi connectivity index (χ2v) is 7.93. The molecule has 6 nitrogen and oxygen atoms in total. The maximum atomic E-state index is 12.6. The van der Waals surface area contributed by atoms with Crippen molar-refractivity contribution in [2.75, 3.05) is 31.1 Å². The van der Waals surface area contributed by atoms with Crippen molar-refractivity contribution in [1.29, 1.82) is 0 Å². The van der Waals surface area contributed by atoms with E-state index in [0.29, 0.717) is 12.3 Å². The molecule has 1 aliphatic heterocycles. The largest absolute Gasteiger partial charge is 0.353 e. The second kappa shape index (κ2) is 7.31. The number of carbonyl (C=O) groups is 1. The Balaban J connectivity index is 1.39. The Hall–Kier alpha value is -2.02. The molecule has 26 heavy (non-hydrogen) atoms. The average molecular weight is 416 g/mol. The number of carbonyl (C=O) groups excluding carboxylic acids is 1. The van der Waals surface area contributed by atoms with Crippen LogP contribution in [0.25, 0.3) is 0 Å². The third-order valence-corrected chi connectivity index (χ3v) is 5.77. The molecule has 2 aromatic heterocycles. The molecule has 136 valence electrons. The highest BCUT2D eigenvalue weighted by atomic mass is 79.9. The summed E-state index contributed by atoms with van der Waals surface area (Å²) in [6.07, 6.45) is 5.97. The van der Waals surface area contributed by atoms with Gasteiger partial charge in [0.1, 0.15) is 12.1 Å². The lowest BCUT2D eigenvalue weighted by molar-refractivity contribution is -0.130. The summed E-state index contributed by atoms with van der Waals surface area (Å²) in [7, 11) is 0. The number of hydrogen-bond acceptors (Lipinski definition) is 5. The highest BCUT2D eigenvalue weighted by Gasteiger charge is 2.29. The molecule has 0 spiro atoms. The number of rotatable bonds is 3. The normalized spacial score (nSPS) is 19.5. The fraction of sp³-hybridized carbons (Fsp3) is 0.474. The van der Waals surface area contributed by atoms with E-state index in [4.69, 9.17) is 0 Å². The Bertz CT molecular complexity index is 802. The number of nitrogens with zero attached hydrogens (tertiary/aromatic N) is 5. The van der Waals surface area contributed by atoms with Gasteiger partial charge in [-0.2, -0.15) is 0 Å². The molecule has 7 heteroatoms. The van der Waals surface area contributed by atoms with Crippen molar-refractivity contribution < 1.29 is 4.79 Å². The van der Waals surface area contributed by atoms with Crippen LogP contribution in [-0.4, -0.2) is 51.9 Å². The fourth-order valence-corrected chi connectivity index (χ4v) is 4.05. The minimum absolute atomic E-state index is 0.140. The van der Waals surface area contributed by atoms with E-state index in [-0.39, 0.29) is 5.91 Å². The first-order valence-corrected chi connectivity index (χ1v) is 9.88. The molecule has 0 bridgehead atoms. The minimum Gasteiger partial charge on any atom is -0.353 e. The zero-order chi connectivity index (χ0) is 18.1. The summed E-state index contributed by atoms with van der Waals surface area (Å²) in [4.78, 5) is 30.1. The Morgan fingerprint density at radius 3 is 2.73 bits per heavy atom. The zero-order valence-electron chi connectivity index (χ0n) is 14.9. The first-order valence-electron chi connectivity index (χ1n) is 9.08. The van der Waals surface area contributed by atoms with Gasteiger partial charge in [0.2, 0.25) is 5.91 Å². The third kappa shape index (κ3) is 3.45. The lowest BCUT2D eigenvalue weighted by Crippen LogP contribution is -2.49. The number of halogens is 1. The number of pyridine rings is 1. The summed E-state index contributed by atoms with van der Waals surface area (Å²) in [6, 6.07) is 3.81. The Morgan fingerprint density at radius 2 is 2.00 bits per heavy atom. The predicted octanol–water partition coefficient (Wildman–Crippen LogP) is 2.58. The van der Waals surface area contributed by atoms with Gasteiger partial charge in [0.25, 0.3) is 0 Å². The monoisotopic (exact) mass is 415 g/mol. The summed E-state index contributed by atoms with van der Waals surface area (Å²) < 4.78 is 0.925. The lowest BCUT2D eigenvalue weighted by Gasteiger charge is -2.36. The van der Waals surface area contributed by atoms with Crippen LogP contribution >= 0.6 is 15.9 Å². The van der Waals surface area contributed by atoms with Crippen molar-refractivity contribution in [2.24, 2.45) is 0 Å². The number of piperazine rings is 1. The number of fused-ring (bicyclic) bond motifs is 1. The number of hydrogen-bond donors (Lipinski definition) is 0. The topological polar surface area (TPSA) is 62.2 Å². The molecular weight excluding hydrogens is 394 g/mol. The van der Waals surface area contributed by atoms with Crippen molar-refractivity contribution in [3.8, 4) is 0 Å². The van der Waals surface area contributed by atoms with Gasteiger partial charge in [0, 0.05) is 53.8 Å². The van der Waals surface area contributed by atoms with Gasteiger partial charge >= 0.3 is 0 Å². The number of anilines is 1. The molecule has 1 unspecified atom stereocenters. The number of amides is 1. The van der Waals surface area contributed by atoms with Gasteiger partial charge in [-0.25, -0.2) is 9.97 Å². The van der Waals surface area contributed by atoms with E-state index < -0.39 is 0 Å². The van der Waals surface area contributed by atoms with Crippen LogP contribution in [0.1, 0.15) is 36.2 Å². The molecule has 0 aromatic carbocycles. The molecule has 0 radical (unpaired) electrons. The molecule has 4 rings (SSSR count). The average Bonchev–Trinajstić information content (AvgIpc) is 3.05. The SMILES string of the molecule is CC1CCc2ncnc(N3CCN(C(=O)Cc4ccc(Br)cn4)CC3)c21. The summed E-state index contributed by atoms with van der Waals surface area (Å²) >= 11 is 3.37. The van der Waals surface area contributed by atoms with E-state index in [9.17, 15) is 4.79 Å². The van der Waals surface area contributed by atoms with Crippen molar-refractivity contribution in [2.45, 2.75) is 32.1 Å². The van der Waals surface area contributed by atoms with Crippen LogP contribution in [0.5, 0.6) is 0 Å². The second-order valence-electron chi connectivity index (χ2n) is 7.01. The van der Waals surface area contributed by atoms with E-state index in [2.05, 4.69) is 42.7 Å². The molecule has 0 saturated carbocycles. The van der Waals surface area contributed by atoms with Crippen molar-refractivity contribution >= 4 is 27.7 Å². The molecule has 1 aliphatic carbocycles. The van der Waals surface area contributed by atoms with Crippen LogP contribution in [0.4, 0.5) is 5.82 Å². The molecule has 1 atom stereocenters. The van der Waals surface area contributed by atoms with Crippen LogP contribution in [0.3, 0.4) is 0 Å². The highest BCUT2D eigenvalue weighted by Crippen LogP contribution is 2.37. The van der Waals surface area contributed by atoms with Gasteiger partial charge in [-0.3, -0.25) is 9.78 Å². The van der Waals surface area contributed by atoms with E-state index in [1.165, 1.54) is 11.3 Å². The summed E-state index contributed by atoms with van der Waals surface area (Å²) in [5.41, 5.74) is 3.32. The lowest BCUT2D eigenvalue weighted by atomic mass is 10.1. The molecule has 3 heterocycles. The van der Waals surface area contributed by atoms with Crippen molar-refractivity contribution in [1.82, 2.24) is 19.9 Å². The van der Waals surface area contributed by atoms with Crippen LogP contribution < -0.4 is 4.90 Å².